The van der Waals surface area contributed by atoms with E-state index in [1.165, 1.54) is 11.8 Å². The predicted octanol–water partition coefficient (Wildman–Crippen LogP) is 2.94. The van der Waals surface area contributed by atoms with E-state index in [0.717, 1.165) is 16.9 Å². The Hall–Kier alpha value is -3.13. The number of allylic oxidation sites excluding steroid dienone is 1. The van der Waals surface area contributed by atoms with Gasteiger partial charge >= 0.3 is 0 Å². The maximum Gasteiger partial charge on any atom is 0.230 e. The Bertz CT molecular complexity index is 943. The standard InChI is InChI=1S/C20H21N5O2S/c1-3-10-25-19(16-7-4-8-17(11-16)27-2)23-24-20(25)28-14-18(26)22-13-15-6-5-9-21-12-15/h3-9,11-12H,1,10,13-14H2,2H3,(H,22,26). The van der Waals surface area contributed by atoms with Crippen LogP contribution in [0.4, 0.5) is 0 Å². The number of carbonyl (C=O) groups excluding carboxylic acids is 1. The normalized spacial score (nSPS) is 10.5. The number of ether oxygens (including phenoxy) is 1. The lowest BCUT2D eigenvalue weighted by Gasteiger charge is -2.09. The lowest BCUT2D eigenvalue weighted by molar-refractivity contribution is -0.118. The number of hydrogen-bond donors (Lipinski definition) is 1. The summed E-state index contributed by atoms with van der Waals surface area (Å²) in [7, 11) is 1.62. The van der Waals surface area contributed by atoms with Crippen LogP contribution in [0.15, 0.2) is 66.6 Å². The molecule has 2 aromatic heterocycles. The molecule has 3 rings (SSSR count). The van der Waals surface area contributed by atoms with E-state index in [4.69, 9.17) is 4.74 Å². The van der Waals surface area contributed by atoms with E-state index in [9.17, 15) is 4.79 Å². The minimum absolute atomic E-state index is 0.0788. The first-order valence-electron chi connectivity index (χ1n) is 8.68. The van der Waals surface area contributed by atoms with E-state index in [2.05, 4.69) is 27.1 Å². The van der Waals surface area contributed by atoms with Crippen LogP contribution in [0.1, 0.15) is 5.56 Å². The molecule has 0 aliphatic rings. The van der Waals surface area contributed by atoms with Crippen LogP contribution in [0.3, 0.4) is 0 Å². The summed E-state index contributed by atoms with van der Waals surface area (Å²) < 4.78 is 7.22. The molecule has 0 atom stereocenters. The van der Waals surface area contributed by atoms with Gasteiger partial charge in [-0.05, 0) is 23.8 Å². The number of methoxy groups -OCH3 is 1. The van der Waals surface area contributed by atoms with Crippen LogP contribution in [-0.2, 0) is 17.9 Å². The van der Waals surface area contributed by atoms with Crippen molar-refractivity contribution in [2.24, 2.45) is 0 Å². The Morgan fingerprint density at radius 3 is 2.96 bits per heavy atom. The van der Waals surface area contributed by atoms with Crippen LogP contribution < -0.4 is 10.1 Å². The van der Waals surface area contributed by atoms with E-state index >= 15 is 0 Å². The number of thioether (sulfide) groups is 1. The monoisotopic (exact) mass is 395 g/mol. The second-order valence-corrected chi connectivity index (χ2v) is 6.81. The molecule has 0 bridgehead atoms. The molecule has 0 saturated heterocycles. The number of carbonyl (C=O) groups is 1. The van der Waals surface area contributed by atoms with Crippen LogP contribution >= 0.6 is 11.8 Å². The highest BCUT2D eigenvalue weighted by Crippen LogP contribution is 2.26. The van der Waals surface area contributed by atoms with Crippen LogP contribution in [-0.4, -0.2) is 38.5 Å². The number of benzene rings is 1. The van der Waals surface area contributed by atoms with Crippen molar-refractivity contribution in [3.63, 3.8) is 0 Å². The fourth-order valence-electron chi connectivity index (χ4n) is 2.55. The minimum atomic E-state index is -0.0788. The highest BCUT2D eigenvalue weighted by molar-refractivity contribution is 7.99. The van der Waals surface area contributed by atoms with E-state index in [0.29, 0.717) is 24.1 Å². The highest BCUT2D eigenvalue weighted by atomic mass is 32.2. The predicted molar refractivity (Wildman–Crippen MR) is 109 cm³/mol. The van der Waals surface area contributed by atoms with Gasteiger partial charge in [-0.15, -0.1) is 16.8 Å². The molecule has 0 aliphatic carbocycles. The first-order valence-corrected chi connectivity index (χ1v) is 9.66. The van der Waals surface area contributed by atoms with Crippen molar-refractivity contribution >= 4 is 17.7 Å². The van der Waals surface area contributed by atoms with Crippen molar-refractivity contribution in [1.82, 2.24) is 25.1 Å². The quantitative estimate of drug-likeness (QED) is 0.443. The summed E-state index contributed by atoms with van der Waals surface area (Å²) in [6.07, 6.45) is 5.21. The van der Waals surface area contributed by atoms with Crippen molar-refractivity contribution in [1.29, 1.82) is 0 Å². The first kappa shape index (κ1) is 19.6. The largest absolute Gasteiger partial charge is 0.497 e. The molecule has 0 unspecified atom stereocenters. The Morgan fingerprint density at radius 2 is 2.21 bits per heavy atom. The van der Waals surface area contributed by atoms with Gasteiger partial charge in [0, 0.05) is 31.0 Å². The van der Waals surface area contributed by atoms with Crippen molar-refractivity contribution in [3.8, 4) is 17.1 Å². The van der Waals surface area contributed by atoms with Gasteiger partial charge in [0.15, 0.2) is 11.0 Å². The number of rotatable bonds is 9. The summed E-state index contributed by atoms with van der Waals surface area (Å²) in [5.41, 5.74) is 1.84. The van der Waals surface area contributed by atoms with Gasteiger partial charge in [0.1, 0.15) is 5.75 Å². The van der Waals surface area contributed by atoms with Gasteiger partial charge in [0.05, 0.1) is 12.9 Å². The maximum atomic E-state index is 12.2. The molecule has 1 amide bonds. The zero-order chi connectivity index (χ0) is 19.8. The Labute approximate surface area is 167 Å². The minimum Gasteiger partial charge on any atom is -0.497 e. The lowest BCUT2D eigenvalue weighted by Crippen LogP contribution is -2.24. The number of hydrogen-bond acceptors (Lipinski definition) is 6. The molecule has 0 radical (unpaired) electrons. The van der Waals surface area contributed by atoms with Gasteiger partial charge in [0.25, 0.3) is 0 Å². The molecular weight excluding hydrogens is 374 g/mol. The van der Waals surface area contributed by atoms with Crippen LogP contribution in [0.25, 0.3) is 11.4 Å². The smallest absolute Gasteiger partial charge is 0.230 e. The molecular formula is C20H21N5O2S. The van der Waals surface area contributed by atoms with E-state index in [1.807, 2.05) is 41.0 Å². The maximum absolute atomic E-state index is 12.2. The molecule has 7 nitrogen and oxygen atoms in total. The lowest BCUT2D eigenvalue weighted by atomic mass is 10.2. The van der Waals surface area contributed by atoms with Crippen LogP contribution in [0, 0.1) is 0 Å². The molecule has 0 fully saturated rings. The first-order chi connectivity index (χ1) is 13.7. The third-order valence-corrected chi connectivity index (χ3v) is 4.87. The Morgan fingerprint density at radius 1 is 1.32 bits per heavy atom. The molecule has 0 aliphatic heterocycles. The molecule has 0 saturated carbocycles. The molecule has 8 heteroatoms. The average molecular weight is 395 g/mol. The molecule has 3 aromatic rings. The molecule has 1 N–H and O–H groups in total. The zero-order valence-corrected chi connectivity index (χ0v) is 16.4. The van der Waals surface area contributed by atoms with Gasteiger partial charge in [-0.1, -0.05) is 36.0 Å². The second-order valence-electron chi connectivity index (χ2n) is 5.86. The van der Waals surface area contributed by atoms with Crippen molar-refractivity contribution in [3.05, 3.63) is 67.0 Å². The molecule has 2 heterocycles. The average Bonchev–Trinajstić information content (AvgIpc) is 3.14. The summed E-state index contributed by atoms with van der Waals surface area (Å²) in [5.74, 6) is 1.62. The fraction of sp³-hybridized carbons (Fsp3) is 0.200. The summed E-state index contributed by atoms with van der Waals surface area (Å²) in [5, 5.41) is 12.1. The van der Waals surface area contributed by atoms with E-state index in [-0.39, 0.29) is 11.7 Å². The van der Waals surface area contributed by atoms with Gasteiger partial charge in [0.2, 0.25) is 5.91 Å². The number of pyridine rings is 1. The summed E-state index contributed by atoms with van der Waals surface area (Å²) in [4.78, 5) is 16.2. The third-order valence-electron chi connectivity index (χ3n) is 3.90. The number of nitrogens with one attached hydrogen (secondary N) is 1. The Kier molecular flexibility index (Phi) is 6.80. The van der Waals surface area contributed by atoms with Gasteiger partial charge in [-0.3, -0.25) is 14.3 Å². The molecule has 0 spiro atoms. The third kappa shape index (κ3) is 4.98. The summed E-state index contributed by atoms with van der Waals surface area (Å²) >= 11 is 1.34. The topological polar surface area (TPSA) is 81.9 Å². The van der Waals surface area contributed by atoms with E-state index < -0.39 is 0 Å². The Balaban J connectivity index is 1.67. The van der Waals surface area contributed by atoms with Gasteiger partial charge < -0.3 is 10.1 Å². The fourth-order valence-corrected chi connectivity index (χ4v) is 3.33. The van der Waals surface area contributed by atoms with Crippen molar-refractivity contribution in [2.75, 3.05) is 12.9 Å². The highest BCUT2D eigenvalue weighted by Gasteiger charge is 2.15. The number of amides is 1. The molecule has 1 aromatic carbocycles. The molecule has 28 heavy (non-hydrogen) atoms. The van der Waals surface area contributed by atoms with E-state index in [1.54, 1.807) is 25.6 Å². The van der Waals surface area contributed by atoms with Crippen molar-refractivity contribution in [2.45, 2.75) is 18.2 Å². The molecule has 144 valence electrons. The van der Waals surface area contributed by atoms with Crippen LogP contribution in [0.2, 0.25) is 0 Å². The zero-order valence-electron chi connectivity index (χ0n) is 15.5. The number of aromatic nitrogens is 4. The van der Waals surface area contributed by atoms with Gasteiger partial charge in [-0.2, -0.15) is 0 Å². The SMILES string of the molecule is C=CCn1c(SCC(=O)NCc2cccnc2)nnc1-c1cccc(OC)c1. The summed E-state index contributed by atoms with van der Waals surface area (Å²) in [6.45, 7) is 4.79. The second kappa shape index (κ2) is 9.70. The van der Waals surface area contributed by atoms with Crippen molar-refractivity contribution < 1.29 is 9.53 Å². The van der Waals surface area contributed by atoms with Crippen LogP contribution in [0.5, 0.6) is 5.75 Å². The van der Waals surface area contributed by atoms with Gasteiger partial charge in [-0.25, -0.2) is 0 Å². The number of nitrogens with zero attached hydrogens (tertiary/aromatic N) is 4. The summed E-state index contributed by atoms with van der Waals surface area (Å²) in [6, 6.07) is 11.4.